The number of carbonyl (C=O) groups is 2. The van der Waals surface area contributed by atoms with Crippen molar-refractivity contribution >= 4 is 17.8 Å². The SMILES string of the molecule is NC(=O)C1C=CN=C(NC(=O)C2CC2)N1Cc1ccc(COCC(F)(F)F)cc1. The number of nitrogens with zero attached hydrogens (tertiary/aromatic N) is 2. The quantitative estimate of drug-likeness (QED) is 0.717. The summed E-state index contributed by atoms with van der Waals surface area (Å²) in [5.41, 5.74) is 6.83. The highest BCUT2D eigenvalue weighted by molar-refractivity contribution is 6.01. The summed E-state index contributed by atoms with van der Waals surface area (Å²) in [6, 6.07) is 5.93. The Hall–Kier alpha value is -2.88. The van der Waals surface area contributed by atoms with Gasteiger partial charge in [0.25, 0.3) is 0 Å². The van der Waals surface area contributed by atoms with Crippen molar-refractivity contribution in [3.05, 3.63) is 47.7 Å². The average molecular weight is 410 g/mol. The number of nitrogens with two attached hydrogens (primary N) is 1. The highest BCUT2D eigenvalue weighted by atomic mass is 19.4. The number of ether oxygens (including phenoxy) is 1. The Kier molecular flexibility index (Phi) is 6.21. The van der Waals surface area contributed by atoms with Gasteiger partial charge in [-0.05, 0) is 30.0 Å². The molecule has 0 aromatic heterocycles. The maximum absolute atomic E-state index is 12.2. The van der Waals surface area contributed by atoms with Gasteiger partial charge in [-0.15, -0.1) is 0 Å². The Morgan fingerprint density at radius 3 is 2.45 bits per heavy atom. The second kappa shape index (κ2) is 8.64. The van der Waals surface area contributed by atoms with Crippen LogP contribution in [0.15, 0.2) is 41.5 Å². The molecule has 3 rings (SSSR count). The van der Waals surface area contributed by atoms with Gasteiger partial charge in [-0.25, -0.2) is 4.99 Å². The summed E-state index contributed by atoms with van der Waals surface area (Å²) in [6.45, 7) is -1.25. The third-order valence-corrected chi connectivity index (χ3v) is 4.46. The van der Waals surface area contributed by atoms with Gasteiger partial charge in [0.15, 0.2) is 0 Å². The molecule has 1 unspecified atom stereocenters. The van der Waals surface area contributed by atoms with Crippen LogP contribution in [0.25, 0.3) is 0 Å². The fourth-order valence-corrected chi connectivity index (χ4v) is 2.81. The van der Waals surface area contributed by atoms with E-state index in [1.807, 2.05) is 0 Å². The Labute approximate surface area is 165 Å². The summed E-state index contributed by atoms with van der Waals surface area (Å²) in [5, 5.41) is 2.74. The molecule has 1 aromatic carbocycles. The first-order chi connectivity index (χ1) is 13.7. The normalized spacial score (nSPS) is 19.1. The van der Waals surface area contributed by atoms with Crippen LogP contribution in [0, 0.1) is 5.92 Å². The lowest BCUT2D eigenvalue weighted by molar-refractivity contribution is -0.176. The van der Waals surface area contributed by atoms with Crippen LogP contribution in [0.3, 0.4) is 0 Å². The number of alkyl halides is 3. The third kappa shape index (κ3) is 6.05. The summed E-state index contributed by atoms with van der Waals surface area (Å²) in [5.74, 6) is -0.532. The molecule has 156 valence electrons. The monoisotopic (exact) mass is 410 g/mol. The van der Waals surface area contributed by atoms with Crippen LogP contribution >= 0.6 is 0 Å². The molecule has 0 spiro atoms. The number of rotatable bonds is 7. The van der Waals surface area contributed by atoms with Gasteiger partial charge in [-0.2, -0.15) is 13.2 Å². The zero-order valence-corrected chi connectivity index (χ0v) is 15.5. The summed E-state index contributed by atoms with van der Waals surface area (Å²) >= 11 is 0. The lowest BCUT2D eigenvalue weighted by Gasteiger charge is -2.32. The maximum atomic E-state index is 12.2. The van der Waals surface area contributed by atoms with E-state index >= 15 is 0 Å². The molecule has 0 saturated heterocycles. The second-order valence-electron chi connectivity index (χ2n) is 6.96. The van der Waals surface area contributed by atoms with Crippen molar-refractivity contribution < 1.29 is 27.5 Å². The molecule has 10 heteroatoms. The van der Waals surface area contributed by atoms with Crippen LogP contribution in [0.2, 0.25) is 0 Å². The van der Waals surface area contributed by atoms with E-state index in [-0.39, 0.29) is 30.9 Å². The summed E-state index contributed by atoms with van der Waals surface area (Å²) in [7, 11) is 0. The van der Waals surface area contributed by atoms with Crippen molar-refractivity contribution in [2.45, 2.75) is 38.2 Å². The Morgan fingerprint density at radius 2 is 1.86 bits per heavy atom. The summed E-state index contributed by atoms with van der Waals surface area (Å²) < 4.78 is 41.1. The van der Waals surface area contributed by atoms with Gasteiger partial charge >= 0.3 is 6.18 Å². The van der Waals surface area contributed by atoms with Gasteiger partial charge in [-0.3, -0.25) is 14.9 Å². The van der Waals surface area contributed by atoms with Crippen molar-refractivity contribution in [3.63, 3.8) is 0 Å². The van der Waals surface area contributed by atoms with Crippen LogP contribution in [0.5, 0.6) is 0 Å². The molecule has 2 amide bonds. The summed E-state index contributed by atoms with van der Waals surface area (Å²) in [4.78, 5) is 29.7. The number of primary amides is 1. The van der Waals surface area contributed by atoms with Crippen molar-refractivity contribution in [1.29, 1.82) is 0 Å². The molecule has 1 saturated carbocycles. The molecule has 7 nitrogen and oxygen atoms in total. The lowest BCUT2D eigenvalue weighted by atomic mass is 10.1. The minimum Gasteiger partial charge on any atom is -0.368 e. The smallest absolute Gasteiger partial charge is 0.368 e. The molecule has 0 bridgehead atoms. The van der Waals surface area contributed by atoms with Gasteiger partial charge in [0.1, 0.15) is 12.6 Å². The average Bonchev–Trinajstić information content (AvgIpc) is 3.48. The Balaban J connectivity index is 1.66. The van der Waals surface area contributed by atoms with Crippen LogP contribution in [-0.2, 0) is 27.5 Å². The zero-order chi connectivity index (χ0) is 21.0. The summed E-state index contributed by atoms with van der Waals surface area (Å²) in [6.07, 6.45) is 0.244. The maximum Gasteiger partial charge on any atom is 0.411 e. The molecule has 3 N–H and O–H groups in total. The number of benzene rings is 1. The molecule has 1 heterocycles. The Morgan fingerprint density at radius 1 is 1.21 bits per heavy atom. The van der Waals surface area contributed by atoms with Gasteiger partial charge < -0.3 is 15.4 Å². The third-order valence-electron chi connectivity index (χ3n) is 4.46. The molecule has 1 fully saturated rings. The van der Waals surface area contributed by atoms with Gasteiger partial charge in [0.2, 0.25) is 17.8 Å². The minimum atomic E-state index is -4.37. The van der Waals surface area contributed by atoms with Crippen molar-refractivity contribution in [3.8, 4) is 0 Å². The van der Waals surface area contributed by atoms with Crippen LogP contribution < -0.4 is 11.1 Å². The molecule has 1 aliphatic heterocycles. The molecule has 1 atom stereocenters. The fourth-order valence-electron chi connectivity index (χ4n) is 2.81. The van der Waals surface area contributed by atoms with E-state index < -0.39 is 24.7 Å². The molecular weight excluding hydrogens is 389 g/mol. The fraction of sp³-hybridized carbons (Fsp3) is 0.421. The number of hydrogen-bond acceptors (Lipinski definition) is 5. The van der Waals surface area contributed by atoms with Crippen molar-refractivity contribution in [2.75, 3.05) is 6.61 Å². The number of hydrogen-bond donors (Lipinski definition) is 2. The zero-order valence-electron chi connectivity index (χ0n) is 15.5. The second-order valence-corrected chi connectivity index (χ2v) is 6.96. The predicted octanol–water partition coefficient (Wildman–Crippen LogP) is 1.83. The molecule has 29 heavy (non-hydrogen) atoms. The number of amides is 2. The van der Waals surface area contributed by atoms with Crippen LogP contribution in [0.4, 0.5) is 13.2 Å². The number of carbonyl (C=O) groups excluding carboxylic acids is 2. The van der Waals surface area contributed by atoms with Crippen molar-refractivity contribution in [2.24, 2.45) is 16.6 Å². The van der Waals surface area contributed by atoms with E-state index in [0.29, 0.717) is 5.56 Å². The number of aliphatic imine (C=N–C) groups is 1. The van der Waals surface area contributed by atoms with E-state index in [9.17, 15) is 22.8 Å². The standard InChI is InChI=1S/C19H21F3N4O3/c20-19(21,22)11-29-10-13-3-1-12(2-4-13)9-26-15(16(23)27)7-8-24-18(26)25-17(28)14-5-6-14/h1-4,7-8,14-15H,5-6,9-11H2,(H2,23,27)(H,24,25,28). The van der Waals surface area contributed by atoms with Crippen LogP contribution in [-0.4, -0.2) is 41.5 Å². The first-order valence-electron chi connectivity index (χ1n) is 9.06. The predicted molar refractivity (Wildman–Crippen MR) is 98.1 cm³/mol. The topological polar surface area (TPSA) is 97.0 Å². The van der Waals surface area contributed by atoms with Gasteiger partial charge in [0.05, 0.1) is 6.61 Å². The largest absolute Gasteiger partial charge is 0.411 e. The number of guanidine groups is 1. The number of nitrogens with one attached hydrogen (secondary N) is 1. The van der Waals surface area contributed by atoms with Crippen molar-refractivity contribution in [1.82, 2.24) is 10.2 Å². The van der Waals surface area contributed by atoms with E-state index in [4.69, 9.17) is 5.73 Å². The lowest BCUT2D eigenvalue weighted by Crippen LogP contribution is -2.53. The molecule has 1 aromatic rings. The van der Waals surface area contributed by atoms with E-state index in [1.54, 1.807) is 29.2 Å². The van der Waals surface area contributed by atoms with Crippen LogP contribution in [0.1, 0.15) is 24.0 Å². The Bertz CT molecular complexity index is 817. The first kappa shape index (κ1) is 20.8. The highest BCUT2D eigenvalue weighted by Crippen LogP contribution is 2.29. The van der Waals surface area contributed by atoms with E-state index in [1.165, 1.54) is 12.3 Å². The molecule has 0 radical (unpaired) electrons. The van der Waals surface area contributed by atoms with Gasteiger partial charge in [-0.1, -0.05) is 24.3 Å². The first-order valence-corrected chi connectivity index (χ1v) is 9.06. The number of halogens is 3. The van der Waals surface area contributed by atoms with E-state index in [0.717, 1.165) is 18.4 Å². The minimum absolute atomic E-state index is 0.0338. The molecule has 1 aliphatic carbocycles. The van der Waals surface area contributed by atoms with E-state index in [2.05, 4.69) is 15.0 Å². The van der Waals surface area contributed by atoms with Gasteiger partial charge in [0, 0.05) is 18.7 Å². The molecule has 2 aliphatic rings. The highest BCUT2D eigenvalue weighted by Gasteiger charge is 2.34. The molecular formula is C19H21F3N4O3.